The SMILES string of the molecule is NNC(Cc1cccnc1)C1CCOC2(CCC2)C1. The molecule has 2 aliphatic rings. The van der Waals surface area contributed by atoms with Gasteiger partial charge in [0.2, 0.25) is 0 Å². The van der Waals surface area contributed by atoms with Crippen molar-refractivity contribution in [2.24, 2.45) is 11.8 Å². The number of nitrogens with two attached hydrogens (primary N) is 1. The van der Waals surface area contributed by atoms with Gasteiger partial charge in [0, 0.05) is 25.0 Å². The molecule has 0 aromatic carbocycles. The Bertz CT molecular complexity index is 405. The summed E-state index contributed by atoms with van der Waals surface area (Å²) in [5.41, 5.74) is 4.46. The van der Waals surface area contributed by atoms with Crippen LogP contribution >= 0.6 is 0 Å². The van der Waals surface area contributed by atoms with Gasteiger partial charge in [-0.3, -0.25) is 16.3 Å². The first-order valence-corrected chi connectivity index (χ1v) is 7.30. The average molecular weight is 261 g/mol. The van der Waals surface area contributed by atoms with Gasteiger partial charge in [0.05, 0.1) is 5.60 Å². The van der Waals surface area contributed by atoms with E-state index < -0.39 is 0 Å². The maximum atomic E-state index is 6.00. The molecule has 4 nitrogen and oxygen atoms in total. The first-order chi connectivity index (χ1) is 9.31. The molecule has 2 heterocycles. The number of ether oxygens (including phenoxy) is 1. The highest BCUT2D eigenvalue weighted by molar-refractivity contribution is 5.11. The van der Waals surface area contributed by atoms with Crippen LogP contribution < -0.4 is 11.3 Å². The molecule has 0 radical (unpaired) electrons. The molecule has 4 heteroatoms. The van der Waals surface area contributed by atoms with Crippen LogP contribution in [0.1, 0.15) is 37.7 Å². The van der Waals surface area contributed by atoms with Crippen molar-refractivity contribution in [1.29, 1.82) is 0 Å². The van der Waals surface area contributed by atoms with Crippen LogP contribution in [0.3, 0.4) is 0 Å². The predicted molar refractivity (Wildman–Crippen MR) is 74.3 cm³/mol. The molecule has 1 spiro atoms. The number of rotatable bonds is 4. The fraction of sp³-hybridized carbons (Fsp3) is 0.667. The highest BCUT2D eigenvalue weighted by Gasteiger charge is 2.44. The van der Waals surface area contributed by atoms with Crippen molar-refractivity contribution < 1.29 is 4.74 Å². The molecule has 3 N–H and O–H groups in total. The third-order valence-corrected chi connectivity index (χ3v) is 4.76. The van der Waals surface area contributed by atoms with Crippen molar-refractivity contribution >= 4 is 0 Å². The molecule has 1 aliphatic heterocycles. The van der Waals surface area contributed by atoms with E-state index in [0.717, 1.165) is 25.9 Å². The normalized spacial score (nSPS) is 26.9. The Balaban J connectivity index is 1.64. The van der Waals surface area contributed by atoms with Crippen LogP contribution in [0.5, 0.6) is 0 Å². The molecule has 1 aromatic heterocycles. The minimum atomic E-state index is 0.187. The summed E-state index contributed by atoms with van der Waals surface area (Å²) in [5, 5.41) is 0. The van der Waals surface area contributed by atoms with Gasteiger partial charge < -0.3 is 4.74 Å². The molecule has 2 unspecified atom stereocenters. The third-order valence-electron chi connectivity index (χ3n) is 4.76. The van der Waals surface area contributed by atoms with Gasteiger partial charge in [-0.05, 0) is 56.1 Å². The lowest BCUT2D eigenvalue weighted by molar-refractivity contribution is -0.147. The maximum Gasteiger partial charge on any atom is 0.0685 e. The second-order valence-electron chi connectivity index (χ2n) is 5.98. The largest absolute Gasteiger partial charge is 0.375 e. The van der Waals surface area contributed by atoms with Crippen molar-refractivity contribution in [2.75, 3.05) is 6.61 Å². The highest BCUT2D eigenvalue weighted by Crippen LogP contribution is 2.45. The second-order valence-corrected chi connectivity index (χ2v) is 5.98. The molecule has 19 heavy (non-hydrogen) atoms. The number of hydrazine groups is 1. The van der Waals surface area contributed by atoms with E-state index in [2.05, 4.69) is 16.5 Å². The van der Waals surface area contributed by atoms with E-state index in [-0.39, 0.29) is 5.60 Å². The van der Waals surface area contributed by atoms with Gasteiger partial charge in [0.25, 0.3) is 0 Å². The molecule has 1 aromatic rings. The molecular weight excluding hydrogens is 238 g/mol. The van der Waals surface area contributed by atoms with Crippen LogP contribution in [0.15, 0.2) is 24.5 Å². The summed E-state index contributed by atoms with van der Waals surface area (Å²) in [6.07, 6.45) is 10.7. The van der Waals surface area contributed by atoms with Crippen molar-refractivity contribution in [3.05, 3.63) is 30.1 Å². The number of hydrogen-bond acceptors (Lipinski definition) is 4. The van der Waals surface area contributed by atoms with Gasteiger partial charge in [0.15, 0.2) is 0 Å². The Morgan fingerprint density at radius 3 is 3.05 bits per heavy atom. The van der Waals surface area contributed by atoms with E-state index in [9.17, 15) is 0 Å². The van der Waals surface area contributed by atoms with E-state index in [1.54, 1.807) is 0 Å². The smallest absolute Gasteiger partial charge is 0.0685 e. The van der Waals surface area contributed by atoms with Gasteiger partial charge in [0.1, 0.15) is 0 Å². The minimum absolute atomic E-state index is 0.187. The van der Waals surface area contributed by atoms with Crippen molar-refractivity contribution in [3.8, 4) is 0 Å². The van der Waals surface area contributed by atoms with Gasteiger partial charge in [-0.2, -0.15) is 0 Å². The Kier molecular flexibility index (Phi) is 3.82. The van der Waals surface area contributed by atoms with E-state index in [4.69, 9.17) is 10.6 Å². The van der Waals surface area contributed by atoms with E-state index in [0.29, 0.717) is 12.0 Å². The highest BCUT2D eigenvalue weighted by atomic mass is 16.5. The number of nitrogens with one attached hydrogen (secondary N) is 1. The van der Waals surface area contributed by atoms with Crippen LogP contribution in [0, 0.1) is 5.92 Å². The topological polar surface area (TPSA) is 60.2 Å². The Morgan fingerprint density at radius 1 is 1.53 bits per heavy atom. The molecule has 3 rings (SSSR count). The number of pyridine rings is 1. The van der Waals surface area contributed by atoms with E-state index >= 15 is 0 Å². The summed E-state index contributed by atoms with van der Waals surface area (Å²) < 4.78 is 6.00. The molecule has 0 amide bonds. The average Bonchev–Trinajstić information content (AvgIpc) is 2.44. The first kappa shape index (κ1) is 13.0. The number of hydrogen-bond donors (Lipinski definition) is 2. The quantitative estimate of drug-likeness (QED) is 0.641. The first-order valence-electron chi connectivity index (χ1n) is 7.30. The molecular formula is C15H23N3O. The zero-order valence-electron chi connectivity index (χ0n) is 11.3. The fourth-order valence-electron chi connectivity index (χ4n) is 3.46. The zero-order valence-corrected chi connectivity index (χ0v) is 11.3. The summed E-state index contributed by atoms with van der Waals surface area (Å²) in [7, 11) is 0. The molecule has 2 fully saturated rings. The molecule has 1 aliphatic carbocycles. The summed E-state index contributed by atoms with van der Waals surface area (Å²) >= 11 is 0. The Labute approximate surface area is 114 Å². The van der Waals surface area contributed by atoms with Gasteiger partial charge >= 0.3 is 0 Å². The standard InChI is InChI=1S/C15H23N3O/c16-18-14(9-12-3-1-7-17-11-12)13-4-8-19-15(10-13)5-2-6-15/h1,3,7,11,13-14,18H,2,4-6,8-10,16H2. The molecule has 104 valence electrons. The minimum Gasteiger partial charge on any atom is -0.375 e. The lowest BCUT2D eigenvalue weighted by Crippen LogP contribution is -2.52. The molecule has 2 atom stereocenters. The monoisotopic (exact) mass is 261 g/mol. The number of nitrogens with zero attached hydrogens (tertiary/aromatic N) is 1. The molecule has 1 saturated heterocycles. The van der Waals surface area contributed by atoms with Gasteiger partial charge in [-0.1, -0.05) is 6.07 Å². The van der Waals surface area contributed by atoms with Crippen molar-refractivity contribution in [1.82, 2.24) is 10.4 Å². The van der Waals surface area contributed by atoms with Crippen LogP contribution in [0.25, 0.3) is 0 Å². The number of aromatic nitrogens is 1. The summed E-state index contributed by atoms with van der Waals surface area (Å²) in [6, 6.07) is 4.43. The molecule has 0 bridgehead atoms. The van der Waals surface area contributed by atoms with E-state index in [1.165, 1.54) is 24.8 Å². The predicted octanol–water partition coefficient (Wildman–Crippen LogP) is 1.81. The van der Waals surface area contributed by atoms with Gasteiger partial charge in [-0.15, -0.1) is 0 Å². The third kappa shape index (κ3) is 2.81. The summed E-state index contributed by atoms with van der Waals surface area (Å²) in [6.45, 7) is 0.885. The summed E-state index contributed by atoms with van der Waals surface area (Å²) in [5.74, 6) is 6.40. The maximum absolute atomic E-state index is 6.00. The van der Waals surface area contributed by atoms with Crippen molar-refractivity contribution in [2.45, 2.75) is 50.2 Å². The van der Waals surface area contributed by atoms with Gasteiger partial charge in [-0.25, -0.2) is 0 Å². The molecule has 1 saturated carbocycles. The summed E-state index contributed by atoms with van der Waals surface area (Å²) in [4.78, 5) is 4.18. The lowest BCUT2D eigenvalue weighted by Gasteiger charge is -2.48. The van der Waals surface area contributed by atoms with Crippen LogP contribution in [-0.2, 0) is 11.2 Å². The zero-order chi connectivity index (χ0) is 13.1. The van der Waals surface area contributed by atoms with Crippen LogP contribution in [0.4, 0.5) is 0 Å². The fourth-order valence-corrected chi connectivity index (χ4v) is 3.46. The van der Waals surface area contributed by atoms with Crippen LogP contribution in [-0.4, -0.2) is 23.2 Å². The van der Waals surface area contributed by atoms with Crippen LogP contribution in [0.2, 0.25) is 0 Å². The van der Waals surface area contributed by atoms with E-state index in [1.807, 2.05) is 18.5 Å². The van der Waals surface area contributed by atoms with Crippen molar-refractivity contribution in [3.63, 3.8) is 0 Å². The lowest BCUT2D eigenvalue weighted by atomic mass is 9.70. The second kappa shape index (κ2) is 5.57. The Morgan fingerprint density at radius 2 is 2.42 bits per heavy atom. The Hall–Kier alpha value is -0.970.